The van der Waals surface area contributed by atoms with Crippen LogP contribution >= 0.6 is 11.3 Å². The number of urea groups is 1. The summed E-state index contributed by atoms with van der Waals surface area (Å²) < 4.78 is 39.4. The number of nitrogens with one attached hydrogen (secondary N) is 2. The highest BCUT2D eigenvalue weighted by Gasteiger charge is 2.30. The number of sulfone groups is 1. The molecule has 1 aromatic heterocycles. The predicted octanol–water partition coefficient (Wildman–Crippen LogP) is 4.22. The second kappa shape index (κ2) is 8.32. The van der Waals surface area contributed by atoms with E-state index in [4.69, 9.17) is 0 Å². The van der Waals surface area contributed by atoms with Gasteiger partial charge in [-0.05, 0) is 41.3 Å². The molecular formula is C19H17FN2O3S2. The summed E-state index contributed by atoms with van der Waals surface area (Å²) in [5.41, 5.74) is 0.999. The number of benzene rings is 2. The summed E-state index contributed by atoms with van der Waals surface area (Å²) in [5, 5.41) is 5.88. The van der Waals surface area contributed by atoms with Gasteiger partial charge < -0.3 is 10.6 Å². The third-order valence-electron chi connectivity index (χ3n) is 3.87. The molecule has 1 heterocycles. The van der Waals surface area contributed by atoms with Gasteiger partial charge in [-0.15, -0.1) is 11.3 Å². The van der Waals surface area contributed by atoms with Gasteiger partial charge in [-0.3, -0.25) is 0 Å². The Kier molecular flexibility index (Phi) is 5.88. The Morgan fingerprint density at radius 2 is 1.70 bits per heavy atom. The van der Waals surface area contributed by atoms with E-state index >= 15 is 0 Å². The molecule has 1 atom stereocenters. The van der Waals surface area contributed by atoms with Crippen molar-refractivity contribution in [3.8, 4) is 0 Å². The van der Waals surface area contributed by atoms with E-state index in [2.05, 4.69) is 10.6 Å². The van der Waals surface area contributed by atoms with Gasteiger partial charge in [0.25, 0.3) is 0 Å². The molecule has 0 spiro atoms. The van der Waals surface area contributed by atoms with E-state index in [-0.39, 0.29) is 10.8 Å². The Morgan fingerprint density at radius 3 is 2.33 bits per heavy atom. The summed E-state index contributed by atoms with van der Waals surface area (Å²) in [6.45, 7) is -0.148. The Hall–Kier alpha value is -2.71. The highest BCUT2D eigenvalue weighted by atomic mass is 32.2. The molecule has 0 aliphatic rings. The minimum atomic E-state index is -3.74. The lowest BCUT2D eigenvalue weighted by atomic mass is 10.1. The molecule has 3 aromatic rings. The van der Waals surface area contributed by atoms with Crippen molar-refractivity contribution in [2.45, 2.75) is 9.46 Å². The fraction of sp³-hybridized carbons (Fsp3) is 0.105. The van der Waals surface area contributed by atoms with Crippen LogP contribution in [0.2, 0.25) is 0 Å². The number of carbonyl (C=O) groups excluding carboxylic acids is 1. The maximum atomic E-state index is 13.2. The molecule has 0 radical (unpaired) electrons. The van der Waals surface area contributed by atoms with Crippen molar-refractivity contribution in [3.05, 3.63) is 83.5 Å². The van der Waals surface area contributed by atoms with Crippen LogP contribution in [0.4, 0.5) is 14.9 Å². The van der Waals surface area contributed by atoms with Crippen molar-refractivity contribution < 1.29 is 17.6 Å². The van der Waals surface area contributed by atoms with Crippen LogP contribution in [0.25, 0.3) is 0 Å². The standard InChI is InChI=1S/C19H17FN2O3S2/c20-15-10-8-14(9-11-15)17(27(24,25)18-7-4-12-26-18)13-21-19(23)22-16-5-2-1-3-6-16/h1-12,17H,13H2,(H2,21,22,23)/t17-/m0/s1. The molecule has 0 fully saturated rings. The van der Waals surface area contributed by atoms with Gasteiger partial charge in [0.05, 0.1) is 0 Å². The topological polar surface area (TPSA) is 75.3 Å². The molecule has 0 saturated heterocycles. The molecular weight excluding hydrogens is 387 g/mol. The molecule has 8 heteroatoms. The molecule has 0 aliphatic carbocycles. The second-order valence-electron chi connectivity index (χ2n) is 5.72. The van der Waals surface area contributed by atoms with Crippen LogP contribution in [0.5, 0.6) is 0 Å². The molecule has 2 aromatic carbocycles. The van der Waals surface area contributed by atoms with Gasteiger partial charge in [0.1, 0.15) is 15.3 Å². The van der Waals surface area contributed by atoms with E-state index in [1.54, 1.807) is 35.7 Å². The SMILES string of the molecule is O=C(NC[C@@H](c1ccc(F)cc1)S(=O)(=O)c1cccs1)Nc1ccccc1. The summed E-state index contributed by atoms with van der Waals surface area (Å²) in [7, 11) is -3.74. The van der Waals surface area contributed by atoms with E-state index in [9.17, 15) is 17.6 Å². The number of amides is 2. The zero-order valence-corrected chi connectivity index (χ0v) is 15.8. The van der Waals surface area contributed by atoms with Crippen LogP contribution in [-0.4, -0.2) is 21.0 Å². The molecule has 2 amide bonds. The van der Waals surface area contributed by atoms with Crippen LogP contribution in [-0.2, 0) is 9.84 Å². The van der Waals surface area contributed by atoms with Gasteiger partial charge in [0.15, 0.2) is 9.84 Å². The van der Waals surface area contributed by atoms with E-state index in [1.165, 1.54) is 30.3 Å². The summed E-state index contributed by atoms with van der Waals surface area (Å²) in [6, 6.07) is 16.7. The Labute approximate surface area is 160 Å². The lowest BCUT2D eigenvalue weighted by Crippen LogP contribution is -2.34. The van der Waals surface area contributed by atoms with E-state index in [0.717, 1.165) is 11.3 Å². The van der Waals surface area contributed by atoms with Crippen LogP contribution in [0.1, 0.15) is 10.8 Å². The molecule has 0 saturated carbocycles. The van der Waals surface area contributed by atoms with Crippen LogP contribution in [0.3, 0.4) is 0 Å². The van der Waals surface area contributed by atoms with Crippen molar-refractivity contribution in [1.29, 1.82) is 0 Å². The number of rotatable bonds is 6. The molecule has 0 bridgehead atoms. The summed E-state index contributed by atoms with van der Waals surface area (Å²) in [4.78, 5) is 12.1. The first-order chi connectivity index (χ1) is 13.0. The Bertz CT molecular complexity index is 989. The lowest BCUT2D eigenvalue weighted by Gasteiger charge is -2.18. The number of thiophene rings is 1. The van der Waals surface area contributed by atoms with Gasteiger partial charge in [-0.1, -0.05) is 36.4 Å². The maximum absolute atomic E-state index is 13.2. The number of carbonyl (C=O) groups is 1. The average molecular weight is 404 g/mol. The van der Waals surface area contributed by atoms with E-state index in [1.807, 2.05) is 6.07 Å². The number of hydrogen-bond acceptors (Lipinski definition) is 4. The fourth-order valence-corrected chi connectivity index (χ4v) is 5.40. The van der Waals surface area contributed by atoms with Gasteiger partial charge in [-0.25, -0.2) is 17.6 Å². The average Bonchev–Trinajstić information content (AvgIpc) is 3.20. The van der Waals surface area contributed by atoms with Crippen molar-refractivity contribution >= 4 is 32.9 Å². The Balaban J connectivity index is 1.80. The monoisotopic (exact) mass is 404 g/mol. The minimum Gasteiger partial charge on any atom is -0.336 e. The first-order valence-electron chi connectivity index (χ1n) is 8.09. The zero-order chi connectivity index (χ0) is 19.3. The molecule has 140 valence electrons. The van der Waals surface area contributed by atoms with Gasteiger partial charge in [0.2, 0.25) is 0 Å². The smallest absolute Gasteiger partial charge is 0.319 e. The van der Waals surface area contributed by atoms with Gasteiger partial charge >= 0.3 is 6.03 Å². The van der Waals surface area contributed by atoms with Crippen LogP contribution in [0.15, 0.2) is 76.3 Å². The molecule has 5 nitrogen and oxygen atoms in total. The van der Waals surface area contributed by atoms with Crippen molar-refractivity contribution in [2.24, 2.45) is 0 Å². The largest absolute Gasteiger partial charge is 0.336 e. The van der Waals surface area contributed by atoms with E-state index in [0.29, 0.717) is 11.3 Å². The number of anilines is 1. The molecule has 0 aliphatic heterocycles. The number of hydrogen-bond donors (Lipinski definition) is 2. The fourth-order valence-electron chi connectivity index (χ4n) is 2.53. The van der Waals surface area contributed by atoms with Gasteiger partial charge in [-0.2, -0.15) is 0 Å². The third kappa shape index (κ3) is 4.72. The van der Waals surface area contributed by atoms with Crippen molar-refractivity contribution in [2.75, 3.05) is 11.9 Å². The van der Waals surface area contributed by atoms with Crippen molar-refractivity contribution in [3.63, 3.8) is 0 Å². The summed E-state index contributed by atoms with van der Waals surface area (Å²) >= 11 is 1.10. The van der Waals surface area contributed by atoms with Crippen LogP contribution in [0, 0.1) is 5.82 Å². The first-order valence-corrected chi connectivity index (χ1v) is 10.5. The summed E-state index contributed by atoms with van der Waals surface area (Å²) in [5.74, 6) is -0.458. The molecule has 0 unspecified atom stereocenters. The third-order valence-corrected chi connectivity index (χ3v) is 7.40. The first kappa shape index (κ1) is 19.1. The molecule has 3 rings (SSSR count). The predicted molar refractivity (Wildman–Crippen MR) is 104 cm³/mol. The molecule has 2 N–H and O–H groups in total. The number of halogens is 1. The second-order valence-corrected chi connectivity index (χ2v) is 9.02. The van der Waals surface area contributed by atoms with Gasteiger partial charge in [0, 0.05) is 12.2 Å². The van der Waals surface area contributed by atoms with Crippen LogP contribution < -0.4 is 10.6 Å². The van der Waals surface area contributed by atoms with Crippen molar-refractivity contribution in [1.82, 2.24) is 5.32 Å². The normalized spacial score (nSPS) is 12.3. The minimum absolute atomic E-state index is 0.148. The molecule has 27 heavy (non-hydrogen) atoms. The summed E-state index contributed by atoms with van der Waals surface area (Å²) in [6.07, 6.45) is 0. The van der Waals surface area contributed by atoms with E-state index < -0.39 is 26.9 Å². The lowest BCUT2D eigenvalue weighted by molar-refractivity contribution is 0.252. The highest BCUT2D eigenvalue weighted by Crippen LogP contribution is 2.31. The zero-order valence-electron chi connectivity index (χ0n) is 14.1. The quantitative estimate of drug-likeness (QED) is 0.646. The Morgan fingerprint density at radius 1 is 1.00 bits per heavy atom. The highest BCUT2D eigenvalue weighted by molar-refractivity contribution is 7.93. The number of para-hydroxylation sites is 1. The maximum Gasteiger partial charge on any atom is 0.319 e.